The molecule has 0 rings (SSSR count). The Morgan fingerprint density at radius 1 is 0.905 bits per heavy atom. The van der Waals surface area contributed by atoms with Gasteiger partial charge in [-0.3, -0.25) is 0 Å². The van der Waals surface area contributed by atoms with E-state index in [1.807, 2.05) is 0 Å². The fourth-order valence-electron chi connectivity index (χ4n) is 0. The first kappa shape index (κ1) is 31.3. The summed E-state index contributed by atoms with van der Waals surface area (Å²) >= 11 is 0. The maximum absolute atomic E-state index is 9.60. The predicted molar refractivity (Wildman–Crippen MR) is 86.2 cm³/mol. The molecule has 0 aliphatic heterocycles. The van der Waals surface area contributed by atoms with Crippen molar-refractivity contribution in [2.75, 3.05) is 6.61 Å². The number of carboxylic acids is 2. The quantitative estimate of drug-likeness (QED) is 0.469. The van der Waals surface area contributed by atoms with Crippen molar-refractivity contribution in [3.63, 3.8) is 0 Å². The van der Waals surface area contributed by atoms with Crippen molar-refractivity contribution in [3.05, 3.63) is 50.6 Å². The molecule has 0 aromatic heterocycles. The monoisotopic (exact) mass is 304 g/mol. The molecule has 4 N–H and O–H groups in total. The molecule has 0 amide bonds. The van der Waals surface area contributed by atoms with Gasteiger partial charge in [0.15, 0.2) is 0 Å². The molecule has 0 aliphatic rings. The zero-order chi connectivity index (χ0) is 18.6. The highest BCUT2D eigenvalue weighted by Crippen LogP contribution is 1.81. The number of aliphatic hydroxyl groups is 2. The van der Waals surface area contributed by atoms with Gasteiger partial charge >= 0.3 is 11.9 Å². The van der Waals surface area contributed by atoms with Gasteiger partial charge in [-0.05, 0) is 20.8 Å². The second-order valence-corrected chi connectivity index (χ2v) is 3.20. The van der Waals surface area contributed by atoms with Crippen LogP contribution in [0.3, 0.4) is 0 Å². The number of rotatable bonds is 3. The number of carbonyl (C=O) groups is 2. The Bertz CT molecular complexity index is 245. The van der Waals surface area contributed by atoms with Gasteiger partial charge in [-0.25, -0.2) is 9.59 Å². The van der Waals surface area contributed by atoms with Crippen LogP contribution in [0.5, 0.6) is 0 Å². The summed E-state index contributed by atoms with van der Waals surface area (Å²) in [5, 5.41) is 31.8. The van der Waals surface area contributed by atoms with E-state index in [1.54, 1.807) is 0 Å². The van der Waals surface area contributed by atoms with E-state index in [1.165, 1.54) is 20.8 Å². The second kappa shape index (κ2) is 26.4. The molecule has 0 aromatic carbocycles. The molecule has 0 spiro atoms. The van der Waals surface area contributed by atoms with E-state index in [-0.39, 0.29) is 17.8 Å². The molecule has 0 radical (unpaired) electrons. The molecule has 1 unspecified atom stereocenters. The lowest BCUT2D eigenvalue weighted by molar-refractivity contribution is -0.133. The first-order chi connectivity index (χ1) is 9.56. The third-order valence-electron chi connectivity index (χ3n) is 0.994. The van der Waals surface area contributed by atoms with Gasteiger partial charge < -0.3 is 20.4 Å². The second-order valence-electron chi connectivity index (χ2n) is 3.20. The van der Waals surface area contributed by atoms with Gasteiger partial charge in [0.2, 0.25) is 0 Å². The van der Waals surface area contributed by atoms with Crippen LogP contribution in [0, 0.1) is 0 Å². The van der Waals surface area contributed by atoms with Crippen LogP contribution in [0.2, 0.25) is 0 Å². The Labute approximate surface area is 127 Å². The maximum atomic E-state index is 9.60. The lowest BCUT2D eigenvalue weighted by atomic mass is 10.4. The van der Waals surface area contributed by atoms with E-state index in [0.29, 0.717) is 0 Å². The van der Waals surface area contributed by atoms with Gasteiger partial charge in [0.05, 0.1) is 12.7 Å². The first-order valence-corrected chi connectivity index (χ1v) is 5.62. The molecule has 0 bridgehead atoms. The van der Waals surface area contributed by atoms with Crippen LogP contribution in [0.1, 0.15) is 20.8 Å². The molecule has 21 heavy (non-hydrogen) atoms. The Balaban J connectivity index is -0.0000000545. The van der Waals surface area contributed by atoms with Crippen molar-refractivity contribution < 1.29 is 30.0 Å². The van der Waals surface area contributed by atoms with Crippen LogP contribution in [0.15, 0.2) is 50.6 Å². The number of carboxylic acid groups (broad SMARTS) is 2. The molecule has 0 saturated heterocycles. The van der Waals surface area contributed by atoms with Crippen LogP contribution >= 0.6 is 0 Å². The molecular formula is C15H28O6. The summed E-state index contributed by atoms with van der Waals surface area (Å²) < 4.78 is 0. The zero-order valence-electron chi connectivity index (χ0n) is 13.1. The molecule has 0 aliphatic carbocycles. The van der Waals surface area contributed by atoms with Gasteiger partial charge in [0, 0.05) is 11.1 Å². The van der Waals surface area contributed by atoms with Gasteiger partial charge in [-0.1, -0.05) is 13.2 Å². The van der Waals surface area contributed by atoms with Crippen LogP contribution in [0.25, 0.3) is 0 Å². The van der Waals surface area contributed by atoms with Crippen molar-refractivity contribution in [2.45, 2.75) is 26.9 Å². The minimum absolute atomic E-state index is 0.139. The van der Waals surface area contributed by atoms with Gasteiger partial charge in [-0.2, -0.15) is 0 Å². The first-order valence-electron chi connectivity index (χ1n) is 5.62. The molecule has 6 nitrogen and oxygen atoms in total. The topological polar surface area (TPSA) is 115 Å². The lowest BCUT2D eigenvalue weighted by Gasteiger charge is -1.90. The molecule has 0 fully saturated rings. The van der Waals surface area contributed by atoms with E-state index in [2.05, 4.69) is 39.5 Å². The Hall–Kier alpha value is -2.18. The summed E-state index contributed by atoms with van der Waals surface area (Å²) in [5.41, 5.74) is 0.352. The third kappa shape index (κ3) is 72.9. The Morgan fingerprint density at radius 2 is 1.00 bits per heavy atom. The van der Waals surface area contributed by atoms with E-state index in [4.69, 9.17) is 20.4 Å². The van der Waals surface area contributed by atoms with Gasteiger partial charge in [-0.15, -0.1) is 26.3 Å². The summed E-state index contributed by atoms with van der Waals surface area (Å²) in [4.78, 5) is 19.2. The average molecular weight is 304 g/mol. The average Bonchev–Trinajstić information content (AvgIpc) is 2.44. The third-order valence-corrected chi connectivity index (χ3v) is 0.994. The zero-order valence-corrected chi connectivity index (χ0v) is 13.1. The predicted octanol–water partition coefficient (Wildman–Crippen LogP) is 2.26. The standard InChI is InChI=1S/2C4H6O2.C3H8O2.2C2H4/c2*1-3(2)4(5)6;1-3(5)2-4;2*1-2/h2*1H2,2H3,(H,5,6);3-5H,2H2,1H3;2*1-2H2. The number of hydrogen-bond donors (Lipinski definition) is 4. The van der Waals surface area contributed by atoms with Crippen molar-refractivity contribution in [1.82, 2.24) is 0 Å². The van der Waals surface area contributed by atoms with E-state index in [0.717, 1.165) is 0 Å². The minimum atomic E-state index is -0.935. The normalized spacial score (nSPS) is 8.24. The van der Waals surface area contributed by atoms with Crippen LogP contribution in [-0.2, 0) is 9.59 Å². The van der Waals surface area contributed by atoms with Crippen molar-refractivity contribution in [2.24, 2.45) is 0 Å². The highest BCUT2D eigenvalue weighted by atomic mass is 16.4. The maximum Gasteiger partial charge on any atom is 0.330 e. The fraction of sp³-hybridized carbons (Fsp3) is 0.333. The smallest absolute Gasteiger partial charge is 0.330 e. The van der Waals surface area contributed by atoms with Crippen molar-refractivity contribution in [3.8, 4) is 0 Å². The summed E-state index contributed by atoms with van der Waals surface area (Å²) in [7, 11) is 0. The van der Waals surface area contributed by atoms with Crippen molar-refractivity contribution >= 4 is 11.9 Å². The van der Waals surface area contributed by atoms with Gasteiger partial charge in [0.25, 0.3) is 0 Å². The van der Waals surface area contributed by atoms with E-state index >= 15 is 0 Å². The molecule has 6 heteroatoms. The SMILES string of the molecule is C=C.C=C.C=C(C)C(=O)O.C=C(C)C(=O)O.CC(O)CO. The summed E-state index contributed by atoms with van der Waals surface area (Å²) in [6.07, 6.45) is -0.560. The van der Waals surface area contributed by atoms with E-state index in [9.17, 15) is 9.59 Å². The van der Waals surface area contributed by atoms with Crippen LogP contribution in [0.4, 0.5) is 0 Å². The molecule has 0 heterocycles. The molecular weight excluding hydrogens is 276 g/mol. The minimum Gasteiger partial charge on any atom is -0.478 e. The Kier molecular flexibility index (Phi) is 39.3. The molecule has 0 aromatic rings. The summed E-state index contributed by atoms with van der Waals surface area (Å²) in [6, 6.07) is 0. The molecule has 1 atom stereocenters. The molecule has 0 saturated carbocycles. The number of hydrogen-bond acceptors (Lipinski definition) is 4. The number of aliphatic hydroxyl groups excluding tert-OH is 2. The van der Waals surface area contributed by atoms with Crippen LogP contribution < -0.4 is 0 Å². The highest BCUT2D eigenvalue weighted by Gasteiger charge is 1.90. The highest BCUT2D eigenvalue weighted by molar-refractivity contribution is 5.85. The number of aliphatic carboxylic acids is 2. The van der Waals surface area contributed by atoms with E-state index < -0.39 is 18.0 Å². The van der Waals surface area contributed by atoms with Gasteiger partial charge in [0.1, 0.15) is 0 Å². The molecule has 124 valence electrons. The Morgan fingerprint density at radius 3 is 1.00 bits per heavy atom. The van der Waals surface area contributed by atoms with Crippen LogP contribution in [-0.4, -0.2) is 45.1 Å². The fourth-order valence-corrected chi connectivity index (χ4v) is 0. The lowest BCUT2D eigenvalue weighted by Crippen LogP contribution is -2.03. The largest absolute Gasteiger partial charge is 0.478 e. The summed E-state index contributed by atoms with van der Waals surface area (Å²) in [5.74, 6) is -1.87. The van der Waals surface area contributed by atoms with Crippen molar-refractivity contribution in [1.29, 1.82) is 0 Å². The summed E-state index contributed by atoms with van der Waals surface area (Å²) in [6.45, 7) is 22.6.